The van der Waals surface area contributed by atoms with Crippen LogP contribution in [0.25, 0.3) is 0 Å². The third-order valence-corrected chi connectivity index (χ3v) is 3.09. The molecule has 0 aromatic heterocycles. The van der Waals surface area contributed by atoms with Crippen LogP contribution in [0.4, 0.5) is 5.69 Å². The first kappa shape index (κ1) is 15.6. The van der Waals surface area contributed by atoms with Gasteiger partial charge < -0.3 is 10.0 Å². The van der Waals surface area contributed by atoms with Crippen molar-refractivity contribution in [3.8, 4) is 0 Å². The number of carboxylic acid groups (broad SMARTS) is 1. The van der Waals surface area contributed by atoms with Crippen molar-refractivity contribution in [1.29, 1.82) is 0 Å². The zero-order valence-corrected chi connectivity index (χ0v) is 11.5. The van der Waals surface area contributed by atoms with Crippen LogP contribution >= 0.6 is 0 Å². The number of carbonyl (C=O) groups is 2. The van der Waals surface area contributed by atoms with E-state index in [0.717, 1.165) is 4.90 Å². The molecule has 1 aromatic carbocycles. The average Bonchev–Trinajstić information content (AvgIpc) is 2.38. The molecule has 0 fully saturated rings. The Morgan fingerprint density at radius 3 is 2.35 bits per heavy atom. The number of hydrogen-bond donors (Lipinski definition) is 1. The van der Waals surface area contributed by atoms with E-state index in [4.69, 9.17) is 0 Å². The summed E-state index contributed by atoms with van der Waals surface area (Å²) in [6, 6.07) is 5.49. The Bertz CT molecular complexity index is 553. The lowest BCUT2D eigenvalue weighted by Gasteiger charge is -2.34. The van der Waals surface area contributed by atoms with Gasteiger partial charge in [0.2, 0.25) is 0 Å². The molecule has 108 valence electrons. The molecule has 7 heteroatoms. The number of amides is 1. The van der Waals surface area contributed by atoms with E-state index < -0.39 is 22.3 Å². The van der Waals surface area contributed by atoms with Crippen molar-refractivity contribution in [2.75, 3.05) is 6.54 Å². The second-order valence-corrected chi connectivity index (χ2v) is 4.69. The number of para-hydroxylation sites is 1. The van der Waals surface area contributed by atoms with Crippen molar-refractivity contribution in [3.63, 3.8) is 0 Å². The van der Waals surface area contributed by atoms with Crippen LogP contribution in [0.1, 0.15) is 31.1 Å². The highest BCUT2D eigenvalue weighted by Crippen LogP contribution is 2.24. The number of rotatable bonds is 5. The lowest BCUT2D eigenvalue weighted by Crippen LogP contribution is -2.53. The molecular weight excluding hydrogens is 264 g/mol. The summed E-state index contributed by atoms with van der Waals surface area (Å²) in [4.78, 5) is 35.0. The second kappa shape index (κ2) is 5.68. The molecule has 0 saturated carbocycles. The lowest BCUT2D eigenvalue weighted by molar-refractivity contribution is -0.385. The van der Waals surface area contributed by atoms with Crippen LogP contribution in [-0.2, 0) is 4.79 Å². The molecule has 0 unspecified atom stereocenters. The Morgan fingerprint density at radius 2 is 1.90 bits per heavy atom. The van der Waals surface area contributed by atoms with Gasteiger partial charge in [0, 0.05) is 12.6 Å². The van der Waals surface area contributed by atoms with Crippen LogP contribution in [0.5, 0.6) is 0 Å². The maximum absolute atomic E-state index is 12.4. The molecule has 0 heterocycles. The van der Waals surface area contributed by atoms with Gasteiger partial charge in [-0.05, 0) is 26.8 Å². The first-order chi connectivity index (χ1) is 9.23. The molecule has 0 atom stereocenters. The van der Waals surface area contributed by atoms with Gasteiger partial charge >= 0.3 is 5.97 Å². The van der Waals surface area contributed by atoms with E-state index in [0.29, 0.717) is 0 Å². The third-order valence-electron chi connectivity index (χ3n) is 3.09. The van der Waals surface area contributed by atoms with Crippen LogP contribution in [0.2, 0.25) is 0 Å². The summed E-state index contributed by atoms with van der Waals surface area (Å²) in [6.45, 7) is 4.51. The largest absolute Gasteiger partial charge is 0.480 e. The number of hydrogen-bond acceptors (Lipinski definition) is 4. The Morgan fingerprint density at radius 1 is 1.35 bits per heavy atom. The first-order valence-corrected chi connectivity index (χ1v) is 6.02. The van der Waals surface area contributed by atoms with Gasteiger partial charge in [-0.25, -0.2) is 4.79 Å². The first-order valence-electron chi connectivity index (χ1n) is 6.02. The number of aliphatic carboxylic acids is 1. The number of benzene rings is 1. The van der Waals surface area contributed by atoms with Crippen molar-refractivity contribution in [3.05, 3.63) is 39.9 Å². The van der Waals surface area contributed by atoms with Crippen molar-refractivity contribution >= 4 is 17.6 Å². The Labute approximate surface area is 116 Å². The highest BCUT2D eigenvalue weighted by Gasteiger charge is 2.38. The fourth-order valence-corrected chi connectivity index (χ4v) is 1.87. The van der Waals surface area contributed by atoms with E-state index in [1.54, 1.807) is 6.92 Å². The summed E-state index contributed by atoms with van der Waals surface area (Å²) in [5.74, 6) is -1.85. The zero-order chi connectivity index (χ0) is 15.5. The van der Waals surface area contributed by atoms with E-state index in [2.05, 4.69) is 0 Å². The summed E-state index contributed by atoms with van der Waals surface area (Å²) < 4.78 is 0. The molecule has 1 rings (SSSR count). The Hall–Kier alpha value is -2.44. The predicted octanol–water partition coefficient (Wildman–Crippen LogP) is 1.92. The SMILES string of the molecule is CCN(C(=O)c1ccccc1[N+](=O)[O-])C(C)(C)C(=O)O. The van der Waals surface area contributed by atoms with Crippen LogP contribution in [0.15, 0.2) is 24.3 Å². The lowest BCUT2D eigenvalue weighted by atomic mass is 10.0. The molecule has 0 spiro atoms. The average molecular weight is 280 g/mol. The summed E-state index contributed by atoms with van der Waals surface area (Å²) >= 11 is 0. The summed E-state index contributed by atoms with van der Waals surface area (Å²) in [5, 5.41) is 20.1. The quantitative estimate of drug-likeness (QED) is 0.656. The maximum Gasteiger partial charge on any atom is 0.329 e. The van der Waals surface area contributed by atoms with Gasteiger partial charge in [-0.2, -0.15) is 0 Å². The van der Waals surface area contributed by atoms with Crippen LogP contribution < -0.4 is 0 Å². The van der Waals surface area contributed by atoms with Gasteiger partial charge in [-0.1, -0.05) is 12.1 Å². The molecular formula is C13H16N2O5. The maximum atomic E-state index is 12.4. The monoisotopic (exact) mass is 280 g/mol. The third kappa shape index (κ3) is 2.76. The number of nitro benzene ring substituents is 1. The number of nitrogens with zero attached hydrogens (tertiary/aromatic N) is 2. The van der Waals surface area contributed by atoms with Gasteiger partial charge in [-0.15, -0.1) is 0 Å². The Balaban J connectivity index is 3.29. The smallest absolute Gasteiger partial charge is 0.329 e. The minimum Gasteiger partial charge on any atom is -0.480 e. The zero-order valence-electron chi connectivity index (χ0n) is 11.5. The normalized spacial score (nSPS) is 10.9. The van der Waals surface area contributed by atoms with E-state index >= 15 is 0 Å². The van der Waals surface area contributed by atoms with E-state index in [1.165, 1.54) is 38.1 Å². The molecule has 1 amide bonds. The molecule has 1 aromatic rings. The fourth-order valence-electron chi connectivity index (χ4n) is 1.87. The molecule has 0 radical (unpaired) electrons. The second-order valence-electron chi connectivity index (χ2n) is 4.69. The van der Waals surface area contributed by atoms with Crippen molar-refractivity contribution in [2.24, 2.45) is 0 Å². The standard InChI is InChI=1S/C13H16N2O5/c1-4-14(13(2,3)12(17)18)11(16)9-7-5-6-8-10(9)15(19)20/h5-8H,4H2,1-3H3,(H,17,18). The van der Waals surface area contributed by atoms with Crippen molar-refractivity contribution < 1.29 is 19.6 Å². The predicted molar refractivity (Wildman–Crippen MR) is 71.5 cm³/mol. The Kier molecular flexibility index (Phi) is 4.44. The van der Waals surface area contributed by atoms with E-state index in [9.17, 15) is 24.8 Å². The van der Waals surface area contributed by atoms with Crippen LogP contribution in [0.3, 0.4) is 0 Å². The van der Waals surface area contributed by atoms with E-state index in [-0.39, 0.29) is 17.8 Å². The van der Waals surface area contributed by atoms with Crippen LogP contribution in [-0.4, -0.2) is 38.9 Å². The minimum absolute atomic E-state index is 0.117. The molecule has 0 aliphatic rings. The van der Waals surface area contributed by atoms with Gasteiger partial charge in [0.05, 0.1) is 4.92 Å². The highest BCUT2D eigenvalue weighted by atomic mass is 16.6. The molecule has 0 aliphatic heterocycles. The molecule has 1 N–H and O–H groups in total. The fraction of sp³-hybridized carbons (Fsp3) is 0.385. The van der Waals surface area contributed by atoms with Crippen LogP contribution in [0, 0.1) is 10.1 Å². The van der Waals surface area contributed by atoms with Gasteiger partial charge in [0.25, 0.3) is 11.6 Å². The topological polar surface area (TPSA) is 101 Å². The van der Waals surface area contributed by atoms with Gasteiger partial charge in [0.15, 0.2) is 0 Å². The van der Waals surface area contributed by atoms with Crippen molar-refractivity contribution in [2.45, 2.75) is 26.3 Å². The molecule has 0 saturated heterocycles. The summed E-state index contributed by atoms with van der Waals surface area (Å²) in [7, 11) is 0. The number of carboxylic acids is 1. The summed E-state index contributed by atoms with van der Waals surface area (Å²) in [5.41, 5.74) is -1.90. The number of carbonyl (C=O) groups excluding carboxylic acids is 1. The van der Waals surface area contributed by atoms with Crippen molar-refractivity contribution in [1.82, 2.24) is 4.90 Å². The molecule has 0 aliphatic carbocycles. The van der Waals surface area contributed by atoms with Gasteiger partial charge in [0.1, 0.15) is 11.1 Å². The van der Waals surface area contributed by atoms with Gasteiger partial charge in [-0.3, -0.25) is 14.9 Å². The summed E-state index contributed by atoms with van der Waals surface area (Å²) in [6.07, 6.45) is 0. The number of likely N-dealkylation sites (N-methyl/N-ethyl adjacent to an activating group) is 1. The van der Waals surface area contributed by atoms with E-state index in [1.807, 2.05) is 0 Å². The number of nitro groups is 1. The molecule has 7 nitrogen and oxygen atoms in total. The minimum atomic E-state index is -1.45. The molecule has 0 bridgehead atoms. The molecule has 20 heavy (non-hydrogen) atoms. The highest BCUT2D eigenvalue weighted by molar-refractivity contribution is 6.00.